The molecule has 0 aliphatic carbocycles. The van der Waals surface area contributed by atoms with E-state index in [1.165, 1.54) is 11.8 Å². The van der Waals surface area contributed by atoms with E-state index in [1.54, 1.807) is 28.8 Å². The fourth-order valence-electron chi connectivity index (χ4n) is 3.67. The molecule has 1 aliphatic rings. The minimum Gasteiger partial charge on any atom is -0.486 e. The summed E-state index contributed by atoms with van der Waals surface area (Å²) >= 11 is 1.25. The number of hydrogen-bond donors (Lipinski definition) is 0. The van der Waals surface area contributed by atoms with E-state index in [4.69, 9.17) is 14.5 Å². The van der Waals surface area contributed by atoms with Gasteiger partial charge in [0, 0.05) is 5.56 Å². The van der Waals surface area contributed by atoms with Gasteiger partial charge in [0.1, 0.15) is 13.2 Å². The van der Waals surface area contributed by atoms with Gasteiger partial charge in [-0.25, -0.2) is 4.98 Å². The largest absolute Gasteiger partial charge is 0.486 e. The summed E-state index contributed by atoms with van der Waals surface area (Å²) in [5, 5.41) is 1.02. The van der Waals surface area contributed by atoms with Crippen molar-refractivity contribution in [3.63, 3.8) is 0 Å². The fraction of sp³-hybridized carbons (Fsp3) is 0.160. The summed E-state index contributed by atoms with van der Waals surface area (Å²) in [4.78, 5) is 31.0. The molecule has 32 heavy (non-hydrogen) atoms. The predicted octanol–water partition coefficient (Wildman–Crippen LogP) is 4.44. The standard InChI is InChI=1S/C25H20N2O4S/c1-16-6-2-5-9-20(16)27-24(29)18-7-3-4-8-19(18)26-25(27)32-15-21(28)17-10-11-22-23(14-17)31-13-12-30-22/h2-11,14H,12-13,15H2,1H3. The molecule has 3 aromatic carbocycles. The first-order chi connectivity index (χ1) is 15.6. The molecule has 0 saturated carbocycles. The lowest BCUT2D eigenvalue weighted by Gasteiger charge is -2.18. The molecule has 0 saturated heterocycles. The number of fused-ring (bicyclic) bond motifs is 2. The SMILES string of the molecule is Cc1ccccc1-n1c(SCC(=O)c2ccc3c(c2)OCCO3)nc2ccccc2c1=O. The first-order valence-corrected chi connectivity index (χ1v) is 11.2. The van der Waals surface area contributed by atoms with Crippen molar-refractivity contribution in [3.05, 3.63) is 88.2 Å². The average Bonchev–Trinajstić information content (AvgIpc) is 2.83. The van der Waals surface area contributed by atoms with Crippen LogP contribution in [0.25, 0.3) is 16.6 Å². The summed E-state index contributed by atoms with van der Waals surface area (Å²) in [6.07, 6.45) is 0. The van der Waals surface area contributed by atoms with Gasteiger partial charge < -0.3 is 9.47 Å². The number of rotatable bonds is 5. The second kappa shape index (κ2) is 8.51. The van der Waals surface area contributed by atoms with Crippen molar-refractivity contribution in [2.24, 2.45) is 0 Å². The van der Waals surface area contributed by atoms with Crippen molar-refractivity contribution in [1.82, 2.24) is 9.55 Å². The number of ketones is 1. The number of benzene rings is 3. The fourth-order valence-corrected chi connectivity index (χ4v) is 4.57. The molecule has 2 heterocycles. The predicted molar refractivity (Wildman–Crippen MR) is 125 cm³/mol. The average molecular weight is 445 g/mol. The highest BCUT2D eigenvalue weighted by molar-refractivity contribution is 7.99. The molecule has 0 N–H and O–H groups in total. The van der Waals surface area contributed by atoms with Crippen LogP contribution in [0.15, 0.2) is 76.7 Å². The van der Waals surface area contributed by atoms with Crippen molar-refractivity contribution in [2.75, 3.05) is 19.0 Å². The highest BCUT2D eigenvalue weighted by atomic mass is 32.2. The van der Waals surface area contributed by atoms with E-state index in [0.717, 1.165) is 11.3 Å². The molecule has 0 radical (unpaired) electrons. The number of thioether (sulfide) groups is 1. The maximum Gasteiger partial charge on any atom is 0.266 e. The molecule has 0 unspecified atom stereocenters. The number of hydrogen-bond acceptors (Lipinski definition) is 6. The second-order valence-electron chi connectivity index (χ2n) is 7.41. The summed E-state index contributed by atoms with van der Waals surface area (Å²) in [6, 6.07) is 20.1. The zero-order chi connectivity index (χ0) is 22.1. The number of aromatic nitrogens is 2. The molecular formula is C25H20N2O4S. The molecule has 0 amide bonds. The van der Waals surface area contributed by atoms with Gasteiger partial charge in [0.05, 0.1) is 22.3 Å². The summed E-state index contributed by atoms with van der Waals surface area (Å²) < 4.78 is 12.7. The maximum absolute atomic E-state index is 13.4. The number of nitrogens with zero attached hydrogens (tertiary/aromatic N) is 2. The smallest absolute Gasteiger partial charge is 0.266 e. The van der Waals surface area contributed by atoms with Gasteiger partial charge in [-0.15, -0.1) is 0 Å². The van der Waals surface area contributed by atoms with Crippen molar-refractivity contribution in [1.29, 1.82) is 0 Å². The van der Waals surface area contributed by atoms with Crippen molar-refractivity contribution in [2.45, 2.75) is 12.1 Å². The highest BCUT2D eigenvalue weighted by Gasteiger charge is 2.18. The van der Waals surface area contributed by atoms with Crippen LogP contribution in [-0.2, 0) is 0 Å². The normalized spacial score (nSPS) is 12.7. The van der Waals surface area contributed by atoms with E-state index in [1.807, 2.05) is 49.4 Å². The third kappa shape index (κ3) is 3.76. The first-order valence-electron chi connectivity index (χ1n) is 10.3. The number of aryl methyl sites for hydroxylation is 1. The molecule has 0 fully saturated rings. The van der Waals surface area contributed by atoms with Crippen LogP contribution in [0.3, 0.4) is 0 Å². The van der Waals surface area contributed by atoms with E-state index < -0.39 is 0 Å². The monoisotopic (exact) mass is 444 g/mol. The van der Waals surface area contributed by atoms with Crippen molar-refractivity contribution in [3.8, 4) is 17.2 Å². The molecule has 0 bridgehead atoms. The molecule has 4 aromatic rings. The number of ether oxygens (including phenoxy) is 2. The number of carbonyl (C=O) groups excluding carboxylic acids is 1. The van der Waals surface area contributed by atoms with Gasteiger partial charge in [0.15, 0.2) is 22.4 Å². The zero-order valence-corrected chi connectivity index (χ0v) is 18.2. The Kier molecular flexibility index (Phi) is 5.41. The van der Waals surface area contributed by atoms with Gasteiger partial charge in [0.2, 0.25) is 0 Å². The highest BCUT2D eigenvalue weighted by Crippen LogP contribution is 2.31. The third-order valence-corrected chi connectivity index (χ3v) is 6.24. The number of carbonyl (C=O) groups is 1. The number of Topliss-reactive ketones (excluding diaryl/α,β-unsaturated/α-hetero) is 1. The summed E-state index contributed by atoms with van der Waals surface area (Å²) in [7, 11) is 0. The van der Waals surface area contributed by atoms with Crippen LogP contribution >= 0.6 is 11.8 Å². The van der Waals surface area contributed by atoms with E-state index in [9.17, 15) is 9.59 Å². The van der Waals surface area contributed by atoms with Gasteiger partial charge in [-0.1, -0.05) is 42.1 Å². The molecule has 1 aliphatic heterocycles. The Morgan fingerprint density at radius 2 is 1.75 bits per heavy atom. The van der Waals surface area contributed by atoms with Gasteiger partial charge >= 0.3 is 0 Å². The Morgan fingerprint density at radius 3 is 2.59 bits per heavy atom. The zero-order valence-electron chi connectivity index (χ0n) is 17.4. The Labute approximate surface area is 188 Å². The van der Waals surface area contributed by atoms with Crippen LogP contribution in [0.4, 0.5) is 0 Å². The Morgan fingerprint density at radius 1 is 1.00 bits per heavy atom. The first kappa shape index (κ1) is 20.3. The van der Waals surface area contributed by atoms with Crippen LogP contribution in [0.2, 0.25) is 0 Å². The minimum atomic E-state index is -0.154. The van der Waals surface area contributed by atoms with Gasteiger partial charge in [-0.2, -0.15) is 0 Å². The summed E-state index contributed by atoms with van der Waals surface area (Å²) in [5.41, 5.74) is 2.69. The topological polar surface area (TPSA) is 70.4 Å². The summed E-state index contributed by atoms with van der Waals surface area (Å²) in [5.74, 6) is 1.28. The van der Waals surface area contributed by atoms with Crippen molar-refractivity contribution >= 4 is 28.4 Å². The van der Waals surface area contributed by atoms with E-state index >= 15 is 0 Å². The van der Waals surface area contributed by atoms with Crippen LogP contribution < -0.4 is 15.0 Å². The van der Waals surface area contributed by atoms with Crippen LogP contribution in [0.1, 0.15) is 15.9 Å². The lowest BCUT2D eigenvalue weighted by molar-refractivity contribution is 0.102. The Hall–Kier alpha value is -3.58. The van der Waals surface area contributed by atoms with E-state index in [2.05, 4.69) is 0 Å². The molecule has 6 nitrogen and oxygen atoms in total. The molecule has 7 heteroatoms. The van der Waals surface area contributed by atoms with E-state index in [0.29, 0.717) is 46.3 Å². The second-order valence-corrected chi connectivity index (χ2v) is 8.35. The molecular weight excluding hydrogens is 424 g/mol. The number of para-hydroxylation sites is 2. The van der Waals surface area contributed by atoms with Crippen LogP contribution in [0, 0.1) is 6.92 Å². The molecule has 0 atom stereocenters. The van der Waals surface area contributed by atoms with Gasteiger partial charge in [-0.3, -0.25) is 14.2 Å². The lowest BCUT2D eigenvalue weighted by Crippen LogP contribution is -2.23. The van der Waals surface area contributed by atoms with Crippen molar-refractivity contribution < 1.29 is 14.3 Å². The van der Waals surface area contributed by atoms with E-state index in [-0.39, 0.29) is 17.1 Å². The quantitative estimate of drug-likeness (QED) is 0.258. The lowest BCUT2D eigenvalue weighted by atomic mass is 10.1. The molecule has 5 rings (SSSR count). The molecule has 0 spiro atoms. The Balaban J connectivity index is 1.51. The molecule has 160 valence electrons. The van der Waals surface area contributed by atoms with Gasteiger partial charge in [-0.05, 0) is 48.9 Å². The van der Waals surface area contributed by atoms with Gasteiger partial charge in [0.25, 0.3) is 5.56 Å². The Bertz CT molecular complexity index is 1400. The van der Waals surface area contributed by atoms with Crippen LogP contribution in [0.5, 0.6) is 11.5 Å². The summed E-state index contributed by atoms with van der Waals surface area (Å²) in [6.45, 7) is 2.91. The van der Waals surface area contributed by atoms with Crippen LogP contribution in [-0.4, -0.2) is 34.3 Å². The maximum atomic E-state index is 13.4. The minimum absolute atomic E-state index is 0.0780. The molecule has 1 aromatic heterocycles. The third-order valence-electron chi connectivity index (χ3n) is 5.30.